The average molecular weight is 521 g/mol. The van der Waals surface area contributed by atoms with Gasteiger partial charge in [-0.2, -0.15) is 0 Å². The van der Waals surface area contributed by atoms with E-state index >= 15 is 0 Å². The molecule has 10 heteroatoms. The summed E-state index contributed by atoms with van der Waals surface area (Å²) in [6.07, 6.45) is 3.85. The van der Waals surface area contributed by atoms with Crippen LogP contribution in [-0.4, -0.2) is 81.4 Å². The maximum Gasteiger partial charge on any atom is 0.253 e. The monoisotopic (exact) mass is 520 g/mol. The van der Waals surface area contributed by atoms with Crippen LogP contribution in [0.25, 0.3) is 17.2 Å². The Morgan fingerprint density at radius 2 is 1.68 bits per heavy atom. The molecule has 0 aliphatic carbocycles. The summed E-state index contributed by atoms with van der Waals surface area (Å²) < 4.78 is 10.4. The molecule has 2 aliphatic rings. The molecular weight excluding hydrogens is 484 g/mol. The molecule has 0 aromatic heterocycles. The van der Waals surface area contributed by atoms with Gasteiger partial charge in [0.05, 0.1) is 13.2 Å². The first-order chi connectivity index (χ1) is 18.5. The lowest BCUT2D eigenvalue weighted by Gasteiger charge is -2.24. The van der Waals surface area contributed by atoms with E-state index in [9.17, 15) is 9.59 Å². The topological polar surface area (TPSA) is 122 Å². The molecule has 202 valence electrons. The van der Waals surface area contributed by atoms with Crippen LogP contribution < -0.4 is 11.2 Å². The number of amides is 2. The first kappa shape index (κ1) is 27.3. The third-order valence-electron chi connectivity index (χ3n) is 6.88. The fourth-order valence-electron chi connectivity index (χ4n) is 4.80. The molecule has 0 saturated carbocycles. The van der Waals surface area contributed by atoms with E-state index in [1.165, 1.54) is 0 Å². The second kappa shape index (κ2) is 13.2. The van der Waals surface area contributed by atoms with E-state index in [2.05, 4.69) is 15.7 Å². The van der Waals surface area contributed by atoms with Crippen molar-refractivity contribution in [3.8, 4) is 11.1 Å². The van der Waals surface area contributed by atoms with Crippen LogP contribution in [0.15, 0.2) is 58.4 Å². The first-order valence-electron chi connectivity index (χ1n) is 12.9. The highest BCUT2D eigenvalue weighted by Crippen LogP contribution is 2.32. The molecule has 1 atom stereocenters. The number of fused-ring (bicyclic) bond motifs is 1. The number of nitrogens with one attached hydrogen (secondary N) is 1. The van der Waals surface area contributed by atoms with E-state index in [0.717, 1.165) is 48.3 Å². The van der Waals surface area contributed by atoms with Crippen LogP contribution >= 0.6 is 0 Å². The highest BCUT2D eigenvalue weighted by atomic mass is 16.5. The number of methoxy groups -OCH3 is 2. The summed E-state index contributed by atoms with van der Waals surface area (Å²) in [5.74, 6) is 5.37. The molecule has 2 heterocycles. The minimum atomic E-state index is -0.501. The van der Waals surface area contributed by atoms with Gasteiger partial charge in [-0.25, -0.2) is 0 Å². The molecule has 38 heavy (non-hydrogen) atoms. The number of benzene rings is 2. The lowest BCUT2D eigenvalue weighted by Crippen LogP contribution is -2.38. The van der Waals surface area contributed by atoms with Crippen molar-refractivity contribution in [3.63, 3.8) is 0 Å². The first-order valence-corrected chi connectivity index (χ1v) is 12.9. The number of likely N-dealkylation sites (tertiary alicyclic amines) is 1. The van der Waals surface area contributed by atoms with Crippen LogP contribution in [-0.2, 0) is 14.3 Å². The summed E-state index contributed by atoms with van der Waals surface area (Å²) in [7, 11) is 3.22. The lowest BCUT2D eigenvalue weighted by molar-refractivity contribution is -0.128. The van der Waals surface area contributed by atoms with Gasteiger partial charge in [0.25, 0.3) is 5.91 Å². The van der Waals surface area contributed by atoms with Crippen molar-refractivity contribution in [1.29, 1.82) is 0 Å². The molecule has 0 bridgehead atoms. The fourth-order valence-corrected chi connectivity index (χ4v) is 4.80. The van der Waals surface area contributed by atoms with Crippen LogP contribution in [0.1, 0.15) is 35.2 Å². The Morgan fingerprint density at radius 3 is 2.32 bits per heavy atom. The Balaban J connectivity index is 1.60. The molecule has 10 nitrogen and oxygen atoms in total. The summed E-state index contributed by atoms with van der Waals surface area (Å²) in [5.41, 5.74) is 4.94. The fraction of sp³-hybridized carbons (Fsp3) is 0.429. The van der Waals surface area contributed by atoms with Crippen molar-refractivity contribution in [2.75, 3.05) is 58.9 Å². The number of carbonyl (C=O) groups is 2. The number of hydrogen-bond acceptors (Lipinski definition) is 7. The van der Waals surface area contributed by atoms with E-state index in [-0.39, 0.29) is 11.8 Å². The van der Waals surface area contributed by atoms with Crippen LogP contribution in [0.2, 0.25) is 0 Å². The number of carbonyl (C=O) groups excluding carboxylic acids is 2. The van der Waals surface area contributed by atoms with Gasteiger partial charge in [0.1, 0.15) is 6.17 Å². The van der Waals surface area contributed by atoms with E-state index in [0.29, 0.717) is 43.9 Å². The van der Waals surface area contributed by atoms with Gasteiger partial charge in [-0.3, -0.25) is 9.59 Å². The molecule has 1 saturated heterocycles. The highest BCUT2D eigenvalue weighted by Gasteiger charge is 2.25. The van der Waals surface area contributed by atoms with Gasteiger partial charge in [0.15, 0.2) is 0 Å². The smallest absolute Gasteiger partial charge is 0.253 e. The van der Waals surface area contributed by atoms with Crippen molar-refractivity contribution in [2.24, 2.45) is 16.2 Å². The second-order valence-corrected chi connectivity index (χ2v) is 9.42. The molecule has 0 radical (unpaired) electrons. The second-order valence-electron chi connectivity index (χ2n) is 9.42. The predicted molar refractivity (Wildman–Crippen MR) is 146 cm³/mol. The summed E-state index contributed by atoms with van der Waals surface area (Å²) >= 11 is 0. The van der Waals surface area contributed by atoms with Gasteiger partial charge in [0, 0.05) is 63.6 Å². The maximum atomic E-state index is 13.5. The summed E-state index contributed by atoms with van der Waals surface area (Å²) in [6, 6.07) is 13.7. The molecule has 0 spiro atoms. The van der Waals surface area contributed by atoms with E-state index in [4.69, 9.17) is 15.3 Å². The van der Waals surface area contributed by atoms with Gasteiger partial charge in [0.2, 0.25) is 5.91 Å². The van der Waals surface area contributed by atoms with Gasteiger partial charge >= 0.3 is 0 Å². The Bertz CT molecular complexity index is 1170. The quantitative estimate of drug-likeness (QED) is 0.281. The lowest BCUT2D eigenvalue weighted by atomic mass is 10.00. The summed E-state index contributed by atoms with van der Waals surface area (Å²) in [5, 5.41) is 11.0. The number of hydrogen-bond donors (Lipinski definition) is 2. The normalized spacial score (nSPS) is 17.1. The summed E-state index contributed by atoms with van der Waals surface area (Å²) in [6.45, 7) is 3.41. The zero-order valence-electron chi connectivity index (χ0n) is 22.1. The molecular formula is C28H36N6O4. The van der Waals surface area contributed by atoms with Crippen molar-refractivity contribution in [1.82, 2.24) is 9.80 Å². The van der Waals surface area contributed by atoms with Gasteiger partial charge < -0.3 is 30.4 Å². The number of nitrogens with zero attached hydrogens (tertiary/aromatic N) is 4. The van der Waals surface area contributed by atoms with Crippen LogP contribution in [0.4, 0.5) is 5.69 Å². The van der Waals surface area contributed by atoms with Gasteiger partial charge in [-0.05, 0) is 53.8 Å². The molecule has 3 N–H and O–H groups in total. The SMILES string of the molecule is COCCN(CCOC)C(=O)C1=Cc2ccc(-c3ccc(C(=O)N4CCCC4)cc3)cc2NC(N=NN)C1. The van der Waals surface area contributed by atoms with Crippen LogP contribution in [0.5, 0.6) is 0 Å². The maximum absolute atomic E-state index is 13.5. The highest BCUT2D eigenvalue weighted by molar-refractivity contribution is 5.99. The van der Waals surface area contributed by atoms with E-state index < -0.39 is 6.17 Å². The number of anilines is 1. The zero-order chi connectivity index (χ0) is 26.9. The number of rotatable bonds is 10. The van der Waals surface area contributed by atoms with Gasteiger partial charge in [-0.15, -0.1) is 5.11 Å². The zero-order valence-corrected chi connectivity index (χ0v) is 22.1. The van der Waals surface area contributed by atoms with Crippen LogP contribution in [0, 0.1) is 0 Å². The van der Waals surface area contributed by atoms with Crippen molar-refractivity contribution in [3.05, 3.63) is 59.2 Å². The van der Waals surface area contributed by atoms with E-state index in [1.807, 2.05) is 53.4 Å². The molecule has 2 amide bonds. The molecule has 4 rings (SSSR count). The Morgan fingerprint density at radius 1 is 1.03 bits per heavy atom. The van der Waals surface area contributed by atoms with Crippen molar-refractivity contribution >= 4 is 23.6 Å². The molecule has 2 aromatic carbocycles. The third-order valence-corrected chi connectivity index (χ3v) is 6.88. The standard InChI is InChI=1S/C28H36N6O4/c1-37-15-13-34(14-16-38-2)28(36)24-17-23-10-9-22(18-25(23)30-26(19-24)31-32-29)20-5-7-21(8-6-20)27(35)33-11-3-4-12-33/h5-10,17-18,26,30H,3-4,11-16,19H2,1-2H3,(H2,29,31). The Labute approximate surface area is 223 Å². The molecule has 2 aromatic rings. The minimum Gasteiger partial charge on any atom is -0.383 e. The van der Waals surface area contributed by atoms with Gasteiger partial charge in [-0.1, -0.05) is 29.5 Å². The largest absolute Gasteiger partial charge is 0.383 e. The average Bonchev–Trinajstić information content (AvgIpc) is 3.41. The number of ether oxygens (including phenoxy) is 2. The van der Waals surface area contributed by atoms with Crippen molar-refractivity contribution < 1.29 is 19.1 Å². The minimum absolute atomic E-state index is 0.0833. The Kier molecular flexibility index (Phi) is 9.45. The molecule has 1 unspecified atom stereocenters. The Hall–Kier alpha value is -3.76. The third kappa shape index (κ3) is 6.56. The predicted octanol–water partition coefficient (Wildman–Crippen LogP) is 3.56. The summed E-state index contributed by atoms with van der Waals surface area (Å²) in [4.78, 5) is 29.8. The number of nitrogens with two attached hydrogens (primary N) is 1. The van der Waals surface area contributed by atoms with E-state index in [1.54, 1.807) is 19.1 Å². The van der Waals surface area contributed by atoms with Crippen LogP contribution in [0.3, 0.4) is 0 Å². The molecule has 1 fully saturated rings. The van der Waals surface area contributed by atoms with Crippen molar-refractivity contribution in [2.45, 2.75) is 25.4 Å². The molecule has 2 aliphatic heterocycles.